The van der Waals surface area contributed by atoms with Crippen LogP contribution in [0.5, 0.6) is 5.75 Å². The van der Waals surface area contributed by atoms with E-state index in [4.69, 9.17) is 9.47 Å². The lowest BCUT2D eigenvalue weighted by Crippen LogP contribution is -2.18. The molecule has 0 fully saturated rings. The molecule has 0 aromatic heterocycles. The Balaban J connectivity index is 1.64. The van der Waals surface area contributed by atoms with Crippen LogP contribution < -0.4 is 15.4 Å². The van der Waals surface area contributed by atoms with Crippen molar-refractivity contribution in [3.63, 3.8) is 0 Å². The first-order valence-corrected chi connectivity index (χ1v) is 10.6. The van der Waals surface area contributed by atoms with Crippen molar-refractivity contribution in [3.8, 4) is 5.75 Å². The Morgan fingerprint density at radius 1 is 0.875 bits per heavy atom. The molecule has 2 amide bonds. The van der Waals surface area contributed by atoms with E-state index in [1.54, 1.807) is 31.2 Å². The average Bonchev–Trinajstić information content (AvgIpc) is 2.75. The number of anilines is 2. The summed E-state index contributed by atoms with van der Waals surface area (Å²) in [5, 5.41) is 5.63. The second kappa shape index (κ2) is 11.1. The highest BCUT2D eigenvalue weighted by Crippen LogP contribution is 2.23. The molecule has 0 aliphatic carbocycles. The first kappa shape index (κ1) is 23.0. The van der Waals surface area contributed by atoms with Crippen molar-refractivity contribution < 1.29 is 23.9 Å². The Morgan fingerprint density at radius 3 is 2.22 bits per heavy atom. The molecule has 3 aromatic carbocycles. The molecule has 2 N–H and O–H groups in total. The monoisotopic (exact) mass is 496 g/mol. The summed E-state index contributed by atoms with van der Waals surface area (Å²) in [7, 11) is 0. The molecule has 0 aliphatic rings. The smallest absolute Gasteiger partial charge is 0.434 e. The number of rotatable bonds is 7. The van der Waals surface area contributed by atoms with Gasteiger partial charge in [0.2, 0.25) is 5.91 Å². The molecule has 0 bridgehead atoms. The molecular weight excluding hydrogens is 476 g/mol. The van der Waals surface area contributed by atoms with Gasteiger partial charge < -0.3 is 20.1 Å². The fraction of sp³-hybridized carbons (Fsp3) is 0.125. The summed E-state index contributed by atoms with van der Waals surface area (Å²) in [4.78, 5) is 36.5. The summed E-state index contributed by atoms with van der Waals surface area (Å²) in [6.07, 6.45) is -0.610. The minimum absolute atomic E-state index is 0.198. The van der Waals surface area contributed by atoms with Crippen LogP contribution in [0.2, 0.25) is 0 Å². The maximum Gasteiger partial charge on any atom is 0.513 e. The van der Waals surface area contributed by atoms with E-state index < -0.39 is 6.16 Å². The predicted molar refractivity (Wildman–Crippen MR) is 125 cm³/mol. The molecule has 0 radical (unpaired) electrons. The van der Waals surface area contributed by atoms with Crippen molar-refractivity contribution in [2.24, 2.45) is 0 Å². The predicted octanol–water partition coefficient (Wildman–Crippen LogP) is 5.42. The highest BCUT2D eigenvalue weighted by Gasteiger charge is 2.12. The maximum atomic E-state index is 12.7. The Kier molecular flexibility index (Phi) is 7.99. The largest absolute Gasteiger partial charge is 0.513 e. The van der Waals surface area contributed by atoms with E-state index in [0.29, 0.717) is 16.9 Å². The van der Waals surface area contributed by atoms with E-state index in [9.17, 15) is 14.4 Å². The third-order valence-electron chi connectivity index (χ3n) is 4.28. The summed E-state index contributed by atoms with van der Waals surface area (Å²) < 4.78 is 10.6. The van der Waals surface area contributed by atoms with Crippen LogP contribution in [-0.4, -0.2) is 24.6 Å². The van der Waals surface area contributed by atoms with Gasteiger partial charge in [-0.3, -0.25) is 9.59 Å². The van der Waals surface area contributed by atoms with Gasteiger partial charge in [-0.2, -0.15) is 0 Å². The number of halogens is 1. The van der Waals surface area contributed by atoms with Gasteiger partial charge >= 0.3 is 6.16 Å². The zero-order valence-electron chi connectivity index (χ0n) is 17.3. The highest BCUT2D eigenvalue weighted by atomic mass is 79.9. The van der Waals surface area contributed by atoms with Gasteiger partial charge in [0.1, 0.15) is 5.75 Å². The topological polar surface area (TPSA) is 93.7 Å². The maximum absolute atomic E-state index is 12.7. The minimum atomic E-state index is -0.808. The Bertz CT molecular complexity index is 1120. The van der Waals surface area contributed by atoms with Gasteiger partial charge in [0, 0.05) is 10.0 Å². The van der Waals surface area contributed by atoms with Crippen molar-refractivity contribution in [2.75, 3.05) is 17.2 Å². The van der Waals surface area contributed by atoms with Crippen LogP contribution in [0.15, 0.2) is 77.3 Å². The summed E-state index contributed by atoms with van der Waals surface area (Å²) >= 11 is 3.39. The van der Waals surface area contributed by atoms with Crippen molar-refractivity contribution in [3.05, 3.63) is 88.4 Å². The van der Waals surface area contributed by atoms with Crippen molar-refractivity contribution in [1.29, 1.82) is 0 Å². The van der Waals surface area contributed by atoms with E-state index in [0.717, 1.165) is 10.0 Å². The normalized spacial score (nSPS) is 10.2. The van der Waals surface area contributed by atoms with Gasteiger partial charge in [-0.15, -0.1) is 0 Å². The molecule has 0 saturated heterocycles. The highest BCUT2D eigenvalue weighted by molar-refractivity contribution is 9.10. The lowest BCUT2D eigenvalue weighted by molar-refractivity contribution is -0.115. The van der Waals surface area contributed by atoms with Crippen LogP contribution in [-0.2, 0) is 16.0 Å². The van der Waals surface area contributed by atoms with Crippen LogP contribution in [0.25, 0.3) is 0 Å². The first-order valence-electron chi connectivity index (χ1n) is 9.84. The Labute approximate surface area is 193 Å². The molecule has 3 rings (SSSR count). The fourth-order valence-electron chi connectivity index (χ4n) is 2.84. The molecule has 164 valence electrons. The second-order valence-corrected chi connectivity index (χ2v) is 7.58. The number of carbonyl (C=O) groups is 3. The zero-order valence-corrected chi connectivity index (χ0v) is 18.8. The summed E-state index contributed by atoms with van der Waals surface area (Å²) in [6, 6.07) is 20.5. The molecule has 0 saturated carbocycles. The first-order chi connectivity index (χ1) is 15.4. The molecule has 0 atom stereocenters. The van der Waals surface area contributed by atoms with Crippen LogP contribution in [0.1, 0.15) is 22.8 Å². The number of hydrogen-bond acceptors (Lipinski definition) is 5. The minimum Gasteiger partial charge on any atom is -0.434 e. The lowest BCUT2D eigenvalue weighted by atomic mass is 10.1. The van der Waals surface area contributed by atoms with Crippen LogP contribution >= 0.6 is 15.9 Å². The summed E-state index contributed by atoms with van der Waals surface area (Å²) in [5.41, 5.74) is 2.18. The lowest BCUT2D eigenvalue weighted by Gasteiger charge is -2.13. The van der Waals surface area contributed by atoms with E-state index in [1.807, 2.05) is 24.3 Å². The molecule has 0 aliphatic heterocycles. The summed E-state index contributed by atoms with van der Waals surface area (Å²) in [6.45, 7) is 1.88. The average molecular weight is 497 g/mol. The van der Waals surface area contributed by atoms with Gasteiger partial charge in [0.15, 0.2) is 0 Å². The number of ether oxygens (including phenoxy) is 2. The molecule has 0 unspecified atom stereocenters. The number of carbonyl (C=O) groups excluding carboxylic acids is 3. The third kappa shape index (κ3) is 6.68. The van der Waals surface area contributed by atoms with E-state index in [-0.39, 0.29) is 30.6 Å². The van der Waals surface area contributed by atoms with Crippen LogP contribution in [0.3, 0.4) is 0 Å². The fourth-order valence-corrected chi connectivity index (χ4v) is 3.29. The number of hydrogen-bond donors (Lipinski definition) is 2. The van der Waals surface area contributed by atoms with E-state index in [1.165, 1.54) is 24.3 Å². The standard InChI is InChI=1S/C24H21BrN2O5/c1-2-31-24(30)32-19-12-10-17(11-13-19)23(29)27-21-9-4-3-8-20(21)26-22(28)15-16-6-5-7-18(25)14-16/h3-14H,2,15H2,1H3,(H,26,28)(H,27,29). The quantitative estimate of drug-likeness (QED) is 0.336. The number of nitrogens with one attached hydrogen (secondary N) is 2. The molecule has 8 heteroatoms. The third-order valence-corrected chi connectivity index (χ3v) is 4.78. The van der Waals surface area contributed by atoms with Crippen molar-refractivity contribution in [2.45, 2.75) is 13.3 Å². The van der Waals surface area contributed by atoms with Gasteiger partial charge in [-0.05, 0) is 61.0 Å². The number of amides is 2. The molecular formula is C24H21BrN2O5. The SMILES string of the molecule is CCOC(=O)Oc1ccc(C(=O)Nc2ccccc2NC(=O)Cc2cccc(Br)c2)cc1. The van der Waals surface area contributed by atoms with Crippen LogP contribution in [0.4, 0.5) is 16.2 Å². The second-order valence-electron chi connectivity index (χ2n) is 6.66. The van der Waals surface area contributed by atoms with Crippen molar-refractivity contribution >= 4 is 45.3 Å². The van der Waals surface area contributed by atoms with Gasteiger partial charge in [0.25, 0.3) is 5.91 Å². The van der Waals surface area contributed by atoms with Gasteiger partial charge in [0.05, 0.1) is 24.4 Å². The Hall–Kier alpha value is -3.65. The molecule has 32 heavy (non-hydrogen) atoms. The molecule has 7 nitrogen and oxygen atoms in total. The number of para-hydroxylation sites is 2. The molecule has 3 aromatic rings. The summed E-state index contributed by atoms with van der Waals surface area (Å²) in [5.74, 6) is -0.313. The van der Waals surface area contributed by atoms with Crippen molar-refractivity contribution in [1.82, 2.24) is 0 Å². The number of benzene rings is 3. The van der Waals surface area contributed by atoms with E-state index >= 15 is 0 Å². The van der Waals surface area contributed by atoms with Gasteiger partial charge in [-0.1, -0.05) is 40.2 Å². The van der Waals surface area contributed by atoms with Crippen LogP contribution in [0, 0.1) is 0 Å². The Morgan fingerprint density at radius 2 is 1.56 bits per heavy atom. The molecule has 0 heterocycles. The van der Waals surface area contributed by atoms with E-state index in [2.05, 4.69) is 26.6 Å². The zero-order chi connectivity index (χ0) is 22.9. The molecule has 0 spiro atoms. The van der Waals surface area contributed by atoms with Gasteiger partial charge in [-0.25, -0.2) is 4.79 Å².